The number of hydrogen-bond acceptors (Lipinski definition) is 3. The summed E-state index contributed by atoms with van der Waals surface area (Å²) in [6, 6.07) is 5.70. The van der Waals surface area contributed by atoms with E-state index < -0.39 is 5.97 Å². The Morgan fingerprint density at radius 1 is 1.50 bits per heavy atom. The maximum atomic E-state index is 11.0. The third-order valence-electron chi connectivity index (χ3n) is 3.43. The van der Waals surface area contributed by atoms with Gasteiger partial charge in [0.15, 0.2) is 0 Å². The van der Waals surface area contributed by atoms with Gasteiger partial charge < -0.3 is 10.4 Å². The molecule has 1 aromatic carbocycles. The molecule has 18 heavy (non-hydrogen) atoms. The highest BCUT2D eigenvalue weighted by Gasteiger charge is 2.22. The largest absolute Gasteiger partial charge is 0.478 e. The van der Waals surface area contributed by atoms with E-state index in [2.05, 4.69) is 12.2 Å². The van der Waals surface area contributed by atoms with E-state index in [9.17, 15) is 4.79 Å². The Hall–Kier alpha value is -1.16. The lowest BCUT2D eigenvalue weighted by Crippen LogP contribution is -2.33. The first kappa shape index (κ1) is 13.3. The normalized spacial score (nSPS) is 23.7. The number of hydrogen-bond donors (Lipinski definition) is 2. The van der Waals surface area contributed by atoms with Crippen LogP contribution in [0.4, 0.5) is 5.69 Å². The molecule has 2 unspecified atom stereocenters. The van der Waals surface area contributed by atoms with Gasteiger partial charge in [0.05, 0.1) is 5.56 Å². The summed E-state index contributed by atoms with van der Waals surface area (Å²) < 4.78 is 0. The van der Waals surface area contributed by atoms with Crippen LogP contribution in [-0.2, 0) is 0 Å². The van der Waals surface area contributed by atoms with Crippen molar-refractivity contribution in [3.05, 3.63) is 29.3 Å². The highest BCUT2D eigenvalue weighted by atomic mass is 32.2. The molecule has 1 fully saturated rings. The van der Waals surface area contributed by atoms with Crippen LogP contribution < -0.4 is 5.32 Å². The number of anilines is 1. The number of aromatic carboxylic acids is 1. The van der Waals surface area contributed by atoms with Crippen LogP contribution in [0.1, 0.15) is 35.7 Å². The summed E-state index contributed by atoms with van der Waals surface area (Å²) in [6.45, 7) is 4.24. The molecule has 0 bridgehead atoms. The topological polar surface area (TPSA) is 49.3 Å². The number of carboxylic acid groups (broad SMARTS) is 1. The molecule has 4 heteroatoms. The van der Waals surface area contributed by atoms with Crippen molar-refractivity contribution < 1.29 is 9.90 Å². The minimum atomic E-state index is -0.871. The first-order valence-electron chi connectivity index (χ1n) is 6.30. The van der Waals surface area contributed by atoms with Gasteiger partial charge in [-0.15, -0.1) is 0 Å². The monoisotopic (exact) mass is 265 g/mol. The lowest BCUT2D eigenvalue weighted by Gasteiger charge is -2.30. The maximum absolute atomic E-state index is 11.0. The zero-order valence-electron chi connectivity index (χ0n) is 10.8. The molecule has 0 amide bonds. The predicted octanol–water partition coefficient (Wildman–Crippen LogP) is 3.39. The lowest BCUT2D eigenvalue weighted by molar-refractivity contribution is 0.0697. The van der Waals surface area contributed by atoms with Crippen LogP contribution >= 0.6 is 11.8 Å². The minimum absolute atomic E-state index is 0.346. The van der Waals surface area contributed by atoms with Gasteiger partial charge >= 0.3 is 5.97 Å². The first-order chi connectivity index (χ1) is 8.58. The molecule has 3 nitrogen and oxygen atoms in total. The quantitative estimate of drug-likeness (QED) is 0.879. The molecular formula is C14H19NO2S. The number of aryl methyl sites for hydroxylation is 1. The maximum Gasteiger partial charge on any atom is 0.335 e. The Labute approximate surface area is 112 Å². The Balaban J connectivity index is 2.17. The smallest absolute Gasteiger partial charge is 0.335 e. The van der Waals surface area contributed by atoms with Crippen LogP contribution in [0.15, 0.2) is 18.2 Å². The van der Waals surface area contributed by atoms with Crippen molar-refractivity contribution in [1.82, 2.24) is 0 Å². The summed E-state index contributed by atoms with van der Waals surface area (Å²) in [7, 11) is 0. The molecule has 1 aromatic rings. The van der Waals surface area contributed by atoms with Gasteiger partial charge in [0.2, 0.25) is 0 Å². The van der Waals surface area contributed by atoms with Gasteiger partial charge in [0.1, 0.15) is 0 Å². The molecule has 2 N–H and O–H groups in total. The number of thioether (sulfide) groups is 1. The second-order valence-electron chi connectivity index (χ2n) is 4.80. The van der Waals surface area contributed by atoms with E-state index in [1.807, 2.05) is 24.8 Å². The van der Waals surface area contributed by atoms with Gasteiger partial charge in [-0.3, -0.25) is 0 Å². The van der Waals surface area contributed by atoms with Crippen molar-refractivity contribution in [3.63, 3.8) is 0 Å². The second-order valence-corrected chi connectivity index (χ2v) is 6.29. The van der Waals surface area contributed by atoms with Gasteiger partial charge in [-0.25, -0.2) is 4.79 Å². The molecule has 1 heterocycles. The third kappa shape index (κ3) is 2.99. The van der Waals surface area contributed by atoms with Crippen LogP contribution in [-0.4, -0.2) is 28.1 Å². The van der Waals surface area contributed by atoms with Crippen LogP contribution in [0.25, 0.3) is 0 Å². The molecule has 0 radical (unpaired) electrons. The van der Waals surface area contributed by atoms with E-state index in [-0.39, 0.29) is 0 Å². The molecule has 1 aliphatic heterocycles. The van der Waals surface area contributed by atoms with E-state index in [0.717, 1.165) is 17.7 Å². The van der Waals surface area contributed by atoms with Gasteiger partial charge in [0.25, 0.3) is 0 Å². The highest BCUT2D eigenvalue weighted by Crippen LogP contribution is 2.29. The number of nitrogens with one attached hydrogen (secondary N) is 1. The van der Waals surface area contributed by atoms with Crippen LogP contribution in [0.2, 0.25) is 0 Å². The molecule has 0 aromatic heterocycles. The van der Waals surface area contributed by atoms with E-state index in [1.54, 1.807) is 12.1 Å². The van der Waals surface area contributed by atoms with E-state index in [1.165, 1.54) is 12.2 Å². The van der Waals surface area contributed by atoms with E-state index in [4.69, 9.17) is 5.11 Å². The average molecular weight is 265 g/mol. The summed E-state index contributed by atoms with van der Waals surface area (Å²) in [5.74, 6) is 0.358. The molecule has 2 rings (SSSR count). The number of carbonyl (C=O) groups is 1. The third-order valence-corrected chi connectivity index (χ3v) is 4.81. The summed E-state index contributed by atoms with van der Waals surface area (Å²) in [4.78, 5) is 11.0. The fourth-order valence-electron chi connectivity index (χ4n) is 2.22. The van der Waals surface area contributed by atoms with Crippen molar-refractivity contribution in [1.29, 1.82) is 0 Å². The first-order valence-corrected chi connectivity index (χ1v) is 7.35. The standard InChI is InChI=1S/C14H19NO2S/c1-9-5-6-11(14(16)17)8-13(9)15-12-4-3-7-18-10(12)2/h5-6,8,10,12,15H,3-4,7H2,1-2H3,(H,16,17). The van der Waals surface area contributed by atoms with Crippen LogP contribution in [0, 0.1) is 6.92 Å². The zero-order chi connectivity index (χ0) is 13.1. The van der Waals surface area contributed by atoms with Gasteiger partial charge in [-0.2, -0.15) is 11.8 Å². The van der Waals surface area contributed by atoms with Gasteiger partial charge in [0, 0.05) is 17.0 Å². The fourth-order valence-corrected chi connectivity index (χ4v) is 3.36. The Morgan fingerprint density at radius 3 is 2.94 bits per heavy atom. The van der Waals surface area contributed by atoms with E-state index >= 15 is 0 Å². The van der Waals surface area contributed by atoms with Crippen molar-refractivity contribution in [2.24, 2.45) is 0 Å². The summed E-state index contributed by atoms with van der Waals surface area (Å²) >= 11 is 1.98. The van der Waals surface area contributed by atoms with Gasteiger partial charge in [-0.05, 0) is 43.2 Å². The van der Waals surface area contributed by atoms with E-state index in [0.29, 0.717) is 16.9 Å². The fraction of sp³-hybridized carbons (Fsp3) is 0.500. The van der Waals surface area contributed by atoms with Crippen molar-refractivity contribution >= 4 is 23.4 Å². The van der Waals surface area contributed by atoms with Crippen molar-refractivity contribution in [3.8, 4) is 0 Å². The Morgan fingerprint density at radius 2 is 2.28 bits per heavy atom. The number of rotatable bonds is 3. The van der Waals surface area contributed by atoms with Gasteiger partial charge in [-0.1, -0.05) is 13.0 Å². The summed E-state index contributed by atoms with van der Waals surface area (Å²) in [6.07, 6.45) is 2.38. The second kappa shape index (κ2) is 5.65. The lowest BCUT2D eigenvalue weighted by atomic mass is 10.1. The summed E-state index contributed by atoms with van der Waals surface area (Å²) in [5, 5.41) is 13.1. The van der Waals surface area contributed by atoms with Crippen molar-refractivity contribution in [2.45, 2.75) is 38.0 Å². The van der Waals surface area contributed by atoms with Crippen LogP contribution in [0.5, 0.6) is 0 Å². The predicted molar refractivity (Wildman–Crippen MR) is 76.7 cm³/mol. The molecule has 0 saturated carbocycles. The number of benzene rings is 1. The molecule has 0 aliphatic carbocycles. The van der Waals surface area contributed by atoms with Crippen LogP contribution in [0.3, 0.4) is 0 Å². The minimum Gasteiger partial charge on any atom is -0.478 e. The average Bonchev–Trinajstić information content (AvgIpc) is 2.34. The Bertz CT molecular complexity index is 447. The molecule has 2 atom stereocenters. The molecule has 0 spiro atoms. The number of carboxylic acids is 1. The molecular weight excluding hydrogens is 246 g/mol. The molecule has 1 saturated heterocycles. The highest BCUT2D eigenvalue weighted by molar-refractivity contribution is 8.00. The van der Waals surface area contributed by atoms with Crippen molar-refractivity contribution in [2.75, 3.05) is 11.1 Å². The zero-order valence-corrected chi connectivity index (χ0v) is 11.6. The molecule has 1 aliphatic rings. The Kier molecular flexibility index (Phi) is 4.17. The molecule has 98 valence electrons. The SMILES string of the molecule is Cc1ccc(C(=O)O)cc1NC1CCCSC1C. The summed E-state index contributed by atoms with van der Waals surface area (Å²) in [5.41, 5.74) is 2.40.